The fraction of sp³-hybridized carbons (Fsp3) is 0.364. The second kappa shape index (κ2) is 8.09. The van der Waals surface area contributed by atoms with Crippen molar-refractivity contribution in [1.82, 2.24) is 8.87 Å². The number of carbonyl (C=O) groups excluding carboxylic acids is 1. The van der Waals surface area contributed by atoms with Gasteiger partial charge in [-0.15, -0.1) is 0 Å². The third-order valence-electron chi connectivity index (χ3n) is 5.62. The van der Waals surface area contributed by atoms with Crippen molar-refractivity contribution in [2.75, 3.05) is 13.1 Å². The molecule has 4 rings (SSSR count). The minimum atomic E-state index is -3.49. The van der Waals surface area contributed by atoms with Crippen LogP contribution in [0, 0.1) is 13.8 Å². The predicted octanol–water partition coefficient (Wildman–Crippen LogP) is 3.87. The summed E-state index contributed by atoms with van der Waals surface area (Å²) in [6, 6.07) is 10.4. The summed E-state index contributed by atoms with van der Waals surface area (Å²) in [5.74, 6) is -0.373. The Labute approximate surface area is 180 Å². The summed E-state index contributed by atoms with van der Waals surface area (Å²) < 4.78 is 30.0. The minimum Gasteiger partial charge on any atom is -0.317 e. The first-order valence-electron chi connectivity index (χ1n) is 10.1. The van der Waals surface area contributed by atoms with Gasteiger partial charge in [-0.05, 0) is 81.1 Å². The van der Waals surface area contributed by atoms with Crippen molar-refractivity contribution in [2.45, 2.75) is 45.1 Å². The lowest BCUT2D eigenvalue weighted by Gasteiger charge is -2.15. The zero-order valence-corrected chi connectivity index (χ0v) is 19.0. The van der Waals surface area contributed by atoms with Crippen LogP contribution in [0.25, 0.3) is 10.2 Å². The Morgan fingerprint density at radius 1 is 1.07 bits per heavy atom. The second-order valence-electron chi connectivity index (χ2n) is 7.59. The molecule has 1 aliphatic heterocycles. The van der Waals surface area contributed by atoms with Gasteiger partial charge in [-0.25, -0.2) is 8.42 Å². The van der Waals surface area contributed by atoms with Crippen LogP contribution in [0.3, 0.4) is 0 Å². The lowest BCUT2D eigenvalue weighted by molar-refractivity contribution is 0.0997. The molecule has 158 valence electrons. The van der Waals surface area contributed by atoms with Crippen LogP contribution in [0.4, 0.5) is 0 Å². The molecular formula is C22H25N3O3S2. The molecular weight excluding hydrogens is 418 g/mol. The van der Waals surface area contributed by atoms with E-state index in [1.807, 2.05) is 11.5 Å². The van der Waals surface area contributed by atoms with Crippen LogP contribution in [0.2, 0.25) is 0 Å². The molecule has 1 amide bonds. The molecule has 0 aliphatic carbocycles. The van der Waals surface area contributed by atoms with Gasteiger partial charge in [0, 0.05) is 25.2 Å². The van der Waals surface area contributed by atoms with Crippen molar-refractivity contribution >= 4 is 37.5 Å². The van der Waals surface area contributed by atoms with Crippen molar-refractivity contribution in [3.63, 3.8) is 0 Å². The van der Waals surface area contributed by atoms with Gasteiger partial charge in [-0.2, -0.15) is 9.30 Å². The van der Waals surface area contributed by atoms with Crippen LogP contribution in [0.5, 0.6) is 0 Å². The highest BCUT2D eigenvalue weighted by Crippen LogP contribution is 2.23. The number of carbonyl (C=O) groups is 1. The summed E-state index contributed by atoms with van der Waals surface area (Å²) in [5, 5.41) is 0. The first-order chi connectivity index (χ1) is 14.3. The number of thiazole rings is 1. The Morgan fingerprint density at radius 2 is 1.70 bits per heavy atom. The van der Waals surface area contributed by atoms with Crippen LogP contribution in [0.15, 0.2) is 46.3 Å². The quantitative estimate of drug-likeness (QED) is 0.615. The zero-order valence-electron chi connectivity index (χ0n) is 17.4. The van der Waals surface area contributed by atoms with E-state index < -0.39 is 10.0 Å². The predicted molar refractivity (Wildman–Crippen MR) is 119 cm³/mol. The number of hydrogen-bond donors (Lipinski definition) is 0. The maximum absolute atomic E-state index is 12.8. The lowest BCUT2D eigenvalue weighted by Crippen LogP contribution is -2.27. The van der Waals surface area contributed by atoms with E-state index in [0.717, 1.165) is 23.1 Å². The summed E-state index contributed by atoms with van der Waals surface area (Å²) in [4.78, 5) is 18.0. The zero-order chi connectivity index (χ0) is 21.5. The Morgan fingerprint density at radius 3 is 2.33 bits per heavy atom. The topological polar surface area (TPSA) is 71.7 Å². The monoisotopic (exact) mass is 443 g/mol. The molecule has 1 aromatic heterocycles. The molecule has 1 fully saturated rings. The molecule has 2 heterocycles. The van der Waals surface area contributed by atoms with Crippen molar-refractivity contribution in [3.05, 3.63) is 57.9 Å². The molecule has 1 aliphatic rings. The van der Waals surface area contributed by atoms with E-state index >= 15 is 0 Å². The smallest absolute Gasteiger partial charge is 0.279 e. The second-order valence-corrected chi connectivity index (χ2v) is 10.5. The lowest BCUT2D eigenvalue weighted by atomic mass is 10.1. The minimum absolute atomic E-state index is 0.220. The van der Waals surface area contributed by atoms with Crippen molar-refractivity contribution in [2.24, 2.45) is 4.99 Å². The van der Waals surface area contributed by atoms with Gasteiger partial charge in [0.15, 0.2) is 4.80 Å². The third-order valence-corrected chi connectivity index (χ3v) is 8.57. The average Bonchev–Trinajstić information content (AvgIpc) is 3.37. The Balaban J connectivity index is 1.68. The van der Waals surface area contributed by atoms with E-state index in [1.165, 1.54) is 38.9 Å². The molecule has 0 bridgehead atoms. The molecule has 6 nitrogen and oxygen atoms in total. The first-order valence-corrected chi connectivity index (χ1v) is 12.4. The van der Waals surface area contributed by atoms with Crippen molar-refractivity contribution < 1.29 is 13.2 Å². The van der Waals surface area contributed by atoms with E-state index in [4.69, 9.17) is 0 Å². The molecule has 0 saturated carbocycles. The largest absolute Gasteiger partial charge is 0.317 e. The number of benzene rings is 2. The maximum Gasteiger partial charge on any atom is 0.279 e. The van der Waals surface area contributed by atoms with Crippen LogP contribution >= 0.6 is 11.3 Å². The molecule has 0 N–H and O–H groups in total. The van der Waals surface area contributed by atoms with Crippen LogP contribution < -0.4 is 4.80 Å². The van der Waals surface area contributed by atoms with Crippen molar-refractivity contribution in [3.8, 4) is 0 Å². The van der Waals surface area contributed by atoms with E-state index in [-0.39, 0.29) is 10.8 Å². The van der Waals surface area contributed by atoms with Gasteiger partial charge in [0.05, 0.1) is 15.1 Å². The molecule has 30 heavy (non-hydrogen) atoms. The molecule has 8 heteroatoms. The van der Waals surface area contributed by atoms with E-state index in [2.05, 4.69) is 31.0 Å². The van der Waals surface area contributed by atoms with E-state index in [9.17, 15) is 13.2 Å². The number of rotatable bonds is 4. The number of hydrogen-bond acceptors (Lipinski definition) is 4. The standard InChI is InChI=1S/C22H25N3O3S2/c1-4-25-19-13-15(2)16(3)14-20(19)29-22(25)23-21(26)17-7-9-18(10-8-17)30(27,28)24-11-5-6-12-24/h7-10,13-14H,4-6,11-12H2,1-3H3. The number of amides is 1. The molecule has 2 aromatic carbocycles. The number of aromatic nitrogens is 1. The van der Waals surface area contributed by atoms with Gasteiger partial charge in [0.25, 0.3) is 5.91 Å². The molecule has 0 unspecified atom stereocenters. The average molecular weight is 444 g/mol. The molecule has 1 saturated heterocycles. The molecule has 0 radical (unpaired) electrons. The molecule has 0 atom stereocenters. The maximum atomic E-state index is 12.8. The Kier molecular flexibility index (Phi) is 5.65. The first kappa shape index (κ1) is 21.0. The van der Waals surface area contributed by atoms with Crippen LogP contribution in [0.1, 0.15) is 41.3 Å². The van der Waals surface area contributed by atoms with Crippen LogP contribution in [-0.4, -0.2) is 36.3 Å². The third kappa shape index (κ3) is 3.75. The van der Waals surface area contributed by atoms with Crippen molar-refractivity contribution in [1.29, 1.82) is 0 Å². The Bertz CT molecular complexity index is 1280. The summed E-state index contributed by atoms with van der Waals surface area (Å²) in [7, 11) is -3.49. The molecule has 3 aromatic rings. The normalized spacial score (nSPS) is 15.9. The highest BCUT2D eigenvalue weighted by molar-refractivity contribution is 7.89. The van der Waals surface area contributed by atoms with Gasteiger partial charge in [-0.3, -0.25) is 4.79 Å². The molecule has 0 spiro atoms. The SMILES string of the molecule is CCn1c(=NC(=O)c2ccc(S(=O)(=O)N3CCCC3)cc2)sc2cc(C)c(C)cc21. The van der Waals surface area contributed by atoms with Gasteiger partial charge in [0.1, 0.15) is 0 Å². The highest BCUT2D eigenvalue weighted by Gasteiger charge is 2.27. The fourth-order valence-corrected chi connectivity index (χ4v) is 6.40. The number of sulfonamides is 1. The summed E-state index contributed by atoms with van der Waals surface area (Å²) in [5.41, 5.74) is 3.86. The van der Waals surface area contributed by atoms with Gasteiger partial charge in [0.2, 0.25) is 10.0 Å². The van der Waals surface area contributed by atoms with Gasteiger partial charge in [-0.1, -0.05) is 11.3 Å². The number of nitrogens with zero attached hydrogens (tertiary/aromatic N) is 3. The number of aryl methyl sites for hydroxylation is 3. The summed E-state index contributed by atoms with van der Waals surface area (Å²) in [6.45, 7) is 8.00. The summed E-state index contributed by atoms with van der Waals surface area (Å²) in [6.07, 6.45) is 1.78. The summed E-state index contributed by atoms with van der Waals surface area (Å²) >= 11 is 1.49. The fourth-order valence-electron chi connectivity index (χ4n) is 3.71. The van der Waals surface area contributed by atoms with Gasteiger partial charge >= 0.3 is 0 Å². The van der Waals surface area contributed by atoms with Crippen LogP contribution in [-0.2, 0) is 16.6 Å². The van der Waals surface area contributed by atoms with E-state index in [1.54, 1.807) is 12.1 Å². The van der Waals surface area contributed by atoms with Gasteiger partial charge < -0.3 is 4.57 Å². The Hall–Kier alpha value is -2.29. The van der Waals surface area contributed by atoms with E-state index in [0.29, 0.717) is 30.0 Å². The number of fused-ring (bicyclic) bond motifs is 1. The highest BCUT2D eigenvalue weighted by atomic mass is 32.2.